The van der Waals surface area contributed by atoms with Gasteiger partial charge in [-0.05, 0) is 6.42 Å². The van der Waals surface area contributed by atoms with Gasteiger partial charge >= 0.3 is 0 Å². The number of Topliss-reactive ketones (excluding diaryl/α,β-unsaturated/α-hetero) is 2. The van der Waals surface area contributed by atoms with Gasteiger partial charge in [0, 0.05) is 23.1 Å². The number of aromatic carboxylic acids is 2. The molecule has 0 unspecified atom stereocenters. The third kappa shape index (κ3) is 10.0. The Bertz CT molecular complexity index is 674. The van der Waals surface area contributed by atoms with E-state index in [9.17, 15) is 29.4 Å². The molecule has 0 aliphatic heterocycles. The Morgan fingerprint density at radius 3 is 1.66 bits per heavy atom. The summed E-state index contributed by atoms with van der Waals surface area (Å²) in [6.45, 7) is 6.52. The van der Waals surface area contributed by atoms with Gasteiger partial charge in [-0.25, -0.2) is 0 Å². The first-order valence-electron chi connectivity index (χ1n) is 10.4. The summed E-state index contributed by atoms with van der Waals surface area (Å²) < 4.78 is 0. The molecular weight excluding hydrogens is 372 g/mol. The lowest BCUT2D eigenvalue weighted by Crippen LogP contribution is -2.32. The fourth-order valence-electron chi connectivity index (χ4n) is 2.78. The Labute approximate surface area is 173 Å². The number of carboxylic acid groups (broad SMARTS) is 2. The number of hydrogen-bond donors (Lipinski definition) is 0. The maximum atomic E-state index is 12.1. The molecule has 0 radical (unpaired) electrons. The third-order valence-corrected chi connectivity index (χ3v) is 4.45. The highest BCUT2D eigenvalue weighted by Crippen LogP contribution is 2.16. The third-order valence-electron chi connectivity index (χ3n) is 4.45. The molecule has 0 heterocycles. The summed E-state index contributed by atoms with van der Waals surface area (Å²) in [6.07, 6.45) is 9.94. The van der Waals surface area contributed by atoms with Gasteiger partial charge in [-0.3, -0.25) is 9.59 Å². The van der Waals surface area contributed by atoms with Gasteiger partial charge in [0.1, 0.15) is 0 Å². The number of carboxylic acids is 2. The molecule has 0 spiro atoms. The van der Waals surface area contributed by atoms with Crippen LogP contribution in [0.15, 0.2) is 18.2 Å². The van der Waals surface area contributed by atoms with Crippen molar-refractivity contribution in [3.63, 3.8) is 0 Å². The Kier molecular flexibility index (Phi) is 14.1. The Morgan fingerprint density at radius 1 is 0.690 bits per heavy atom. The van der Waals surface area contributed by atoms with E-state index in [1.54, 1.807) is 0 Å². The van der Waals surface area contributed by atoms with Gasteiger partial charge in [-0.1, -0.05) is 90.3 Å². The van der Waals surface area contributed by atoms with Gasteiger partial charge in [0.05, 0.1) is 11.9 Å². The Morgan fingerprint density at radius 2 is 1.17 bits per heavy atom. The first kappa shape index (κ1) is 26.5. The molecule has 0 saturated heterocycles. The van der Waals surface area contributed by atoms with Crippen molar-refractivity contribution < 1.29 is 29.4 Å². The summed E-state index contributed by atoms with van der Waals surface area (Å²) in [5.74, 6) is -5.32. The van der Waals surface area contributed by atoms with Crippen LogP contribution in [0.4, 0.5) is 0 Å². The van der Waals surface area contributed by atoms with Crippen LogP contribution in [0.1, 0.15) is 116 Å². The van der Waals surface area contributed by atoms with Gasteiger partial charge in [0.2, 0.25) is 11.6 Å². The minimum atomic E-state index is -1.83. The summed E-state index contributed by atoms with van der Waals surface area (Å²) in [7, 11) is 0. The number of ketones is 2. The number of rotatable bonds is 13. The fourth-order valence-corrected chi connectivity index (χ4v) is 2.78. The van der Waals surface area contributed by atoms with Crippen molar-refractivity contribution in [3.05, 3.63) is 34.9 Å². The van der Waals surface area contributed by atoms with Crippen LogP contribution in [0.3, 0.4) is 0 Å². The van der Waals surface area contributed by atoms with Gasteiger partial charge in [-0.2, -0.15) is 0 Å². The van der Waals surface area contributed by atoms with E-state index in [-0.39, 0.29) is 6.42 Å². The first-order valence-corrected chi connectivity index (χ1v) is 10.4. The SMILES string of the molecule is CCCCCC.CCCCCCCC(=O)C(=O)c1cccc(C(=O)[O-])c1C(=O)[O-]. The number of hydrogen-bond acceptors (Lipinski definition) is 6. The van der Waals surface area contributed by atoms with E-state index in [1.165, 1.54) is 31.7 Å². The highest BCUT2D eigenvalue weighted by Gasteiger charge is 2.21. The zero-order chi connectivity index (χ0) is 22.2. The van der Waals surface area contributed by atoms with Crippen LogP contribution >= 0.6 is 0 Å². The van der Waals surface area contributed by atoms with Crippen molar-refractivity contribution in [2.75, 3.05) is 0 Å². The Hall–Kier alpha value is -2.50. The molecule has 0 saturated carbocycles. The van der Waals surface area contributed by atoms with Crippen LogP contribution in [0, 0.1) is 0 Å². The van der Waals surface area contributed by atoms with E-state index in [4.69, 9.17) is 0 Å². The van der Waals surface area contributed by atoms with Crippen LogP contribution in [0.5, 0.6) is 0 Å². The quantitative estimate of drug-likeness (QED) is 0.283. The van der Waals surface area contributed by atoms with Gasteiger partial charge in [0.25, 0.3) is 0 Å². The summed E-state index contributed by atoms with van der Waals surface area (Å²) in [4.78, 5) is 46.1. The molecule has 0 aliphatic carbocycles. The van der Waals surface area contributed by atoms with Crippen LogP contribution in [0.25, 0.3) is 0 Å². The minimum absolute atomic E-state index is 0.00455. The molecule has 29 heavy (non-hydrogen) atoms. The van der Waals surface area contributed by atoms with E-state index in [0.717, 1.165) is 37.8 Å². The summed E-state index contributed by atoms with van der Waals surface area (Å²) in [5, 5.41) is 22.1. The molecule has 0 bridgehead atoms. The van der Waals surface area contributed by atoms with E-state index in [1.807, 2.05) is 0 Å². The first-order chi connectivity index (χ1) is 13.8. The van der Waals surface area contributed by atoms with Crippen molar-refractivity contribution >= 4 is 23.5 Å². The van der Waals surface area contributed by atoms with Crippen molar-refractivity contribution in [1.29, 1.82) is 0 Å². The molecule has 6 nitrogen and oxygen atoms in total. The second-order valence-corrected chi connectivity index (χ2v) is 6.93. The number of benzene rings is 1. The van der Waals surface area contributed by atoms with E-state index >= 15 is 0 Å². The molecule has 0 N–H and O–H groups in total. The van der Waals surface area contributed by atoms with E-state index in [0.29, 0.717) is 6.42 Å². The monoisotopic (exact) mass is 404 g/mol. The van der Waals surface area contributed by atoms with Crippen LogP contribution in [-0.2, 0) is 4.79 Å². The van der Waals surface area contributed by atoms with Gasteiger partial charge < -0.3 is 19.8 Å². The van der Waals surface area contributed by atoms with Crippen LogP contribution < -0.4 is 10.2 Å². The molecule has 0 aromatic heterocycles. The molecule has 6 heteroatoms. The van der Waals surface area contributed by atoms with Crippen LogP contribution in [-0.4, -0.2) is 23.5 Å². The lowest BCUT2D eigenvalue weighted by Gasteiger charge is -2.15. The lowest BCUT2D eigenvalue weighted by atomic mass is 9.94. The summed E-state index contributed by atoms with van der Waals surface area (Å²) in [6, 6.07) is 3.29. The van der Waals surface area contributed by atoms with E-state index in [2.05, 4.69) is 20.8 Å². The molecule has 1 aromatic rings. The Balaban J connectivity index is 0.00000113. The van der Waals surface area contributed by atoms with Crippen molar-refractivity contribution in [3.8, 4) is 0 Å². The maximum absolute atomic E-state index is 12.1. The zero-order valence-corrected chi connectivity index (χ0v) is 17.8. The second-order valence-electron chi connectivity index (χ2n) is 6.93. The molecule has 1 rings (SSSR count). The smallest absolute Gasteiger partial charge is 0.229 e. The molecule has 0 atom stereocenters. The maximum Gasteiger partial charge on any atom is 0.229 e. The van der Waals surface area contributed by atoms with Gasteiger partial charge in [0.15, 0.2) is 0 Å². The zero-order valence-electron chi connectivity index (χ0n) is 17.8. The summed E-state index contributed by atoms with van der Waals surface area (Å²) >= 11 is 0. The average molecular weight is 405 g/mol. The van der Waals surface area contributed by atoms with Crippen molar-refractivity contribution in [1.82, 2.24) is 0 Å². The molecule has 0 fully saturated rings. The highest BCUT2D eigenvalue weighted by molar-refractivity contribution is 6.45. The molecular formula is C23H32O6-2. The highest BCUT2D eigenvalue weighted by atomic mass is 16.4. The van der Waals surface area contributed by atoms with Crippen LogP contribution in [0.2, 0.25) is 0 Å². The molecule has 162 valence electrons. The standard InChI is InChI=1S/C17H20O6.C6H14/c1-2-3-4-5-6-10-13(18)15(19)11-8-7-9-12(16(20)21)14(11)17(22)23;1-3-5-6-4-2/h7-9H,2-6,10H2,1H3,(H,20,21)(H,22,23);3-6H2,1-2H3/p-2. The predicted molar refractivity (Wildman–Crippen MR) is 108 cm³/mol. The topological polar surface area (TPSA) is 114 Å². The molecule has 1 aromatic carbocycles. The second kappa shape index (κ2) is 15.4. The van der Waals surface area contributed by atoms with Gasteiger partial charge in [-0.15, -0.1) is 0 Å². The van der Waals surface area contributed by atoms with Crippen molar-refractivity contribution in [2.45, 2.75) is 85.0 Å². The number of carbonyl (C=O) groups excluding carboxylic acids is 4. The number of carbonyl (C=O) groups is 4. The fraction of sp³-hybridized carbons (Fsp3) is 0.565. The average Bonchev–Trinajstić information content (AvgIpc) is 2.71. The number of unbranched alkanes of at least 4 members (excludes halogenated alkanes) is 7. The minimum Gasteiger partial charge on any atom is -0.545 e. The largest absolute Gasteiger partial charge is 0.545 e. The van der Waals surface area contributed by atoms with E-state index < -0.39 is 40.2 Å². The lowest BCUT2D eigenvalue weighted by molar-refractivity contribution is -0.259. The normalized spacial score (nSPS) is 10.0. The van der Waals surface area contributed by atoms with Crippen molar-refractivity contribution in [2.24, 2.45) is 0 Å². The molecule has 0 amide bonds. The summed E-state index contributed by atoms with van der Waals surface area (Å²) in [5.41, 5.74) is -1.95. The predicted octanol–water partition coefficient (Wildman–Crippen LogP) is 3.11. The molecule has 0 aliphatic rings.